The summed E-state index contributed by atoms with van der Waals surface area (Å²) in [7, 11) is 0. The van der Waals surface area contributed by atoms with Crippen molar-refractivity contribution in [1.29, 1.82) is 0 Å². The largest absolute Gasteiger partial charge is 0 e. The average Bonchev–Trinajstić information content (AvgIpc) is 3.82. The molecule has 0 aromatic carbocycles. The fraction of sp³-hybridized carbons (Fsp3) is 1.00. The van der Waals surface area contributed by atoms with Crippen LogP contribution in [0.3, 0.4) is 0 Å². The summed E-state index contributed by atoms with van der Waals surface area (Å²) >= 11 is 18.6. The molecule has 0 unspecified atom stereocenters. The van der Waals surface area contributed by atoms with E-state index in [1.807, 2.05) is 0 Å². The number of hydrogen-bond acceptors (Lipinski definition) is 1. The number of halogens is 2. The van der Waals surface area contributed by atoms with Crippen molar-refractivity contribution in [3.8, 4) is 0 Å². The van der Waals surface area contributed by atoms with Crippen LogP contribution in [0, 0.1) is 0 Å². The molecule has 0 radical (unpaired) electrons. The van der Waals surface area contributed by atoms with Crippen LogP contribution in [-0.4, -0.2) is 46.1 Å². The summed E-state index contributed by atoms with van der Waals surface area (Å²) in [4.78, 5) is 0. The minimum Gasteiger partial charge on any atom is 0 e. The van der Waals surface area contributed by atoms with Gasteiger partial charge in [0.2, 0.25) is 0 Å². The molecule has 6 heteroatoms. The van der Waals surface area contributed by atoms with Crippen molar-refractivity contribution in [3.63, 3.8) is 0 Å². The van der Waals surface area contributed by atoms with E-state index >= 15 is 0 Å². The van der Waals surface area contributed by atoms with Gasteiger partial charge in [0.05, 0.1) is 0 Å². The number of hydrogen-bond donors (Lipinski definition) is 0. The maximum absolute atomic E-state index is 9.32. The predicted molar refractivity (Wildman–Crippen MR) is 174 cm³/mol. The van der Waals surface area contributed by atoms with Crippen molar-refractivity contribution in [2.75, 3.05) is 6.61 Å². The molecule has 0 aromatic heterocycles. The Morgan fingerprint density at radius 2 is 0.641 bits per heavy atom. The fourth-order valence-corrected chi connectivity index (χ4v) is 43.2. The molecule has 0 aliphatic heterocycles. The van der Waals surface area contributed by atoms with Gasteiger partial charge in [-0.25, -0.2) is 0 Å². The Morgan fingerprint density at radius 3 is 0.795 bits per heavy atom. The third-order valence-corrected chi connectivity index (χ3v) is 38.3. The van der Waals surface area contributed by atoms with E-state index in [2.05, 4.69) is 6.92 Å². The van der Waals surface area contributed by atoms with E-state index in [1.165, 1.54) is 154 Å². The summed E-state index contributed by atoms with van der Waals surface area (Å²) in [5.74, 6) is -5.84. The smallest absolute Gasteiger partial charge is 0 e. The fourth-order valence-electron chi connectivity index (χ4n) is 12.5. The van der Waals surface area contributed by atoms with Crippen molar-refractivity contribution in [3.05, 3.63) is 0 Å². The minimum atomic E-state index is -2.92. The topological polar surface area (TPSA) is 9.23 Å². The first-order chi connectivity index (χ1) is 18.5. The molecule has 0 heterocycles. The molecule has 0 saturated heterocycles. The van der Waals surface area contributed by atoms with Crippen molar-refractivity contribution in [1.82, 2.24) is 0 Å². The molecule has 0 spiro atoms. The molecule has 230 valence electrons. The molecule has 39 heavy (non-hydrogen) atoms. The van der Waals surface area contributed by atoms with Crippen LogP contribution in [-0.2, 0) is 24.2 Å². The van der Waals surface area contributed by atoms with Crippen LogP contribution in [0.5, 0.6) is 0 Å². The molecule has 0 atom stereocenters. The molecule has 0 bridgehead atoms. The zero-order chi connectivity index (χ0) is 26.3. The average molecular weight is 707 g/mol. The van der Waals surface area contributed by atoms with Gasteiger partial charge in [-0.2, -0.15) is 0 Å². The number of ether oxygens (including phenoxy) is 1. The van der Waals surface area contributed by atoms with Crippen molar-refractivity contribution in [2.45, 2.75) is 201 Å². The summed E-state index contributed by atoms with van der Waals surface area (Å²) < 4.78 is 7.71. The van der Waals surface area contributed by atoms with E-state index in [0.717, 1.165) is 40.6 Å². The molecule has 6 aliphatic carbocycles. The third kappa shape index (κ3) is 4.69. The molecule has 0 aromatic rings. The second kappa shape index (κ2) is 12.8. The second-order valence-electron chi connectivity index (χ2n) is 15.0. The van der Waals surface area contributed by atoms with Crippen molar-refractivity contribution in [2.24, 2.45) is 0 Å². The van der Waals surface area contributed by atoms with Gasteiger partial charge < -0.3 is 0 Å². The van der Waals surface area contributed by atoms with E-state index in [9.17, 15) is 22.5 Å². The van der Waals surface area contributed by atoms with Gasteiger partial charge in [0.25, 0.3) is 0 Å². The Kier molecular flexibility index (Phi) is 10.6. The zero-order valence-corrected chi connectivity index (χ0v) is 30.2. The molecule has 6 rings (SSSR count). The molecule has 0 amide bonds. The maximum Gasteiger partial charge on any atom is 0 e. The normalized spacial score (nSPS) is 30.4. The minimum absolute atomic E-state index is 0. The van der Waals surface area contributed by atoms with Gasteiger partial charge in [0.15, 0.2) is 0 Å². The van der Waals surface area contributed by atoms with Crippen LogP contribution in [0.25, 0.3) is 0 Å². The van der Waals surface area contributed by atoms with Crippen LogP contribution in [0.1, 0.15) is 161 Å². The Morgan fingerprint density at radius 1 is 0.462 bits per heavy atom. The molecular weight excluding hydrogens is 646 g/mol. The first-order valence-electron chi connectivity index (χ1n) is 17.5. The van der Waals surface area contributed by atoms with Gasteiger partial charge in [-0.05, 0) is 0 Å². The van der Waals surface area contributed by atoms with Crippen molar-refractivity contribution < 1.29 is 24.2 Å². The first-order valence-corrected chi connectivity index (χ1v) is 24.4. The molecule has 6 fully saturated rings. The van der Waals surface area contributed by atoms with Crippen LogP contribution >= 0.6 is 34.4 Å². The SMILES string of the molecule is CCOC(P(Cl)(C1CCCC1)(C1CCCC1)C1CCCC1)P(Cl)(C1CCCC1)(C1CCCC1)C1CCCC1.[Ru]. The molecule has 1 nitrogen and oxygen atoms in total. The summed E-state index contributed by atoms with van der Waals surface area (Å²) in [6, 6.07) is 0. The van der Waals surface area contributed by atoms with Gasteiger partial charge in [0.1, 0.15) is 0 Å². The van der Waals surface area contributed by atoms with E-state index in [4.69, 9.17) is 4.74 Å². The first kappa shape index (κ1) is 32.4. The van der Waals surface area contributed by atoms with Crippen LogP contribution in [0.4, 0.5) is 0 Å². The Hall–Kier alpha value is 2.02. The van der Waals surface area contributed by atoms with Crippen LogP contribution in [0.2, 0.25) is 0 Å². The van der Waals surface area contributed by atoms with E-state index in [0.29, 0.717) is 0 Å². The molecule has 6 saturated carbocycles. The molecule has 6 aliphatic rings. The van der Waals surface area contributed by atoms with Gasteiger partial charge in [-0.1, -0.05) is 0 Å². The molecule has 0 N–H and O–H groups in total. The van der Waals surface area contributed by atoms with Crippen LogP contribution < -0.4 is 0 Å². The quantitative estimate of drug-likeness (QED) is 0.162. The summed E-state index contributed by atoms with van der Waals surface area (Å²) in [6.45, 7) is 3.15. The Bertz CT molecular complexity index is 653. The second-order valence-corrected chi connectivity index (χ2v) is 30.5. The van der Waals surface area contributed by atoms with E-state index in [1.54, 1.807) is 0 Å². The Labute approximate surface area is 264 Å². The van der Waals surface area contributed by atoms with Gasteiger partial charge >= 0.3 is 246 Å². The Balaban J connectivity index is 0.00000308. The van der Waals surface area contributed by atoms with E-state index < -0.39 is 11.9 Å². The van der Waals surface area contributed by atoms with E-state index in [-0.39, 0.29) is 25.1 Å². The number of rotatable bonds is 10. The summed E-state index contributed by atoms with van der Waals surface area (Å²) in [5.41, 5.74) is 4.64. The standard InChI is InChI=1S/C33H60Cl2OP2.Ru/c1-2-36-33(37(34,27-15-3-4-16-27,28-17-5-6-18-28)29-19-7-8-20-29)38(35,30-21-9-10-22-30,31-23-11-12-24-31)32-25-13-14-26-32;/h27-33H,2-26H2,1H3;. The third-order valence-electron chi connectivity index (χ3n) is 13.8. The molecular formula is C33H60Cl2OP2Ru. The van der Waals surface area contributed by atoms with Crippen molar-refractivity contribution >= 4 is 34.4 Å². The predicted octanol–water partition coefficient (Wildman–Crippen LogP) is 12.4. The van der Waals surface area contributed by atoms with Gasteiger partial charge in [-0.3, -0.25) is 0 Å². The zero-order valence-electron chi connectivity index (χ0n) is 25.1. The monoisotopic (exact) mass is 706 g/mol. The maximum atomic E-state index is 9.32. The van der Waals surface area contributed by atoms with Gasteiger partial charge in [-0.15, -0.1) is 0 Å². The van der Waals surface area contributed by atoms with Crippen LogP contribution in [0.15, 0.2) is 0 Å². The summed E-state index contributed by atoms with van der Waals surface area (Å²) in [6.07, 6.45) is 33.5. The van der Waals surface area contributed by atoms with Gasteiger partial charge in [0, 0.05) is 19.5 Å². The summed E-state index contributed by atoms with van der Waals surface area (Å²) in [5, 5.41) is 0.